The minimum Gasteiger partial charge on any atom is -0.490 e. The van der Waals surface area contributed by atoms with E-state index in [9.17, 15) is 9.65 Å². The Morgan fingerprint density at radius 1 is 1.07 bits per heavy atom. The highest BCUT2D eigenvalue weighted by Gasteiger charge is 2.13. The number of ether oxygens (including phenoxy) is 2. The zero-order valence-corrected chi connectivity index (χ0v) is 18.9. The van der Waals surface area contributed by atoms with Crippen molar-refractivity contribution in [1.82, 2.24) is 0 Å². The summed E-state index contributed by atoms with van der Waals surface area (Å²) in [4.78, 5) is 0. The van der Waals surface area contributed by atoms with Gasteiger partial charge in [-0.25, -0.2) is 4.39 Å². The van der Waals surface area contributed by atoms with Gasteiger partial charge in [-0.1, -0.05) is 42.0 Å². The van der Waals surface area contributed by atoms with Gasteiger partial charge in [-0.2, -0.15) is 5.26 Å². The van der Waals surface area contributed by atoms with Gasteiger partial charge < -0.3 is 9.47 Å². The fraction of sp³-hybridized carbons (Fsp3) is 0.160. The number of allylic oxidation sites excluding steroid dienone is 1. The van der Waals surface area contributed by atoms with Crippen LogP contribution in [0.1, 0.15) is 29.2 Å². The first kappa shape index (κ1) is 21.8. The van der Waals surface area contributed by atoms with Gasteiger partial charge in [-0.05, 0) is 83.5 Å². The van der Waals surface area contributed by atoms with Crippen molar-refractivity contribution in [3.8, 4) is 17.6 Å². The molecular weight excluding hydrogens is 492 g/mol. The standard InChI is InChI=1S/C25H21FINO2/c1-3-29-24-14-19(12-21(15-28)20-8-4-17(2)5-9-20)13-23(27)25(24)30-16-18-6-10-22(26)11-7-18/h4-14H,3,16H2,1-2H3/b21-12-. The molecule has 0 unspecified atom stereocenters. The van der Waals surface area contributed by atoms with Crippen LogP contribution in [0, 0.1) is 27.6 Å². The lowest BCUT2D eigenvalue weighted by Crippen LogP contribution is -2.02. The minimum atomic E-state index is -0.277. The van der Waals surface area contributed by atoms with E-state index >= 15 is 0 Å². The van der Waals surface area contributed by atoms with Gasteiger partial charge >= 0.3 is 0 Å². The number of aryl methyl sites for hydroxylation is 1. The number of benzene rings is 3. The van der Waals surface area contributed by atoms with E-state index in [1.807, 2.05) is 56.3 Å². The van der Waals surface area contributed by atoms with Gasteiger partial charge in [0.05, 0.1) is 21.8 Å². The molecule has 3 rings (SSSR count). The first-order valence-corrected chi connectivity index (χ1v) is 10.6. The quantitative estimate of drug-likeness (QED) is 0.199. The summed E-state index contributed by atoms with van der Waals surface area (Å²) in [7, 11) is 0. The van der Waals surface area contributed by atoms with Crippen molar-refractivity contribution < 1.29 is 13.9 Å². The Kier molecular flexibility index (Phi) is 7.47. The van der Waals surface area contributed by atoms with Crippen LogP contribution in [0.15, 0.2) is 60.7 Å². The largest absolute Gasteiger partial charge is 0.490 e. The lowest BCUT2D eigenvalue weighted by molar-refractivity contribution is 0.267. The first-order valence-electron chi connectivity index (χ1n) is 9.52. The van der Waals surface area contributed by atoms with Crippen LogP contribution < -0.4 is 9.47 Å². The van der Waals surface area contributed by atoms with Crippen molar-refractivity contribution in [3.63, 3.8) is 0 Å². The number of hydrogen-bond acceptors (Lipinski definition) is 3. The van der Waals surface area contributed by atoms with Gasteiger partial charge in [0.25, 0.3) is 0 Å². The highest BCUT2D eigenvalue weighted by atomic mass is 127. The Morgan fingerprint density at radius 3 is 2.40 bits per heavy atom. The van der Waals surface area contributed by atoms with E-state index in [0.29, 0.717) is 30.3 Å². The summed E-state index contributed by atoms with van der Waals surface area (Å²) >= 11 is 2.20. The van der Waals surface area contributed by atoms with Gasteiger partial charge in [-0.3, -0.25) is 0 Å². The van der Waals surface area contributed by atoms with Crippen molar-refractivity contribution in [2.24, 2.45) is 0 Å². The van der Waals surface area contributed by atoms with E-state index in [1.165, 1.54) is 12.1 Å². The molecule has 0 spiro atoms. The van der Waals surface area contributed by atoms with Crippen LogP contribution in [-0.2, 0) is 6.61 Å². The maximum absolute atomic E-state index is 13.1. The summed E-state index contributed by atoms with van der Waals surface area (Å²) in [6, 6.07) is 20.2. The smallest absolute Gasteiger partial charge is 0.175 e. The molecule has 0 bridgehead atoms. The molecule has 0 saturated heterocycles. The number of rotatable bonds is 7. The molecule has 152 valence electrons. The van der Waals surface area contributed by atoms with E-state index in [-0.39, 0.29) is 5.82 Å². The van der Waals surface area contributed by atoms with Gasteiger partial charge in [0.1, 0.15) is 12.4 Å². The third kappa shape index (κ3) is 5.61. The molecule has 5 heteroatoms. The SMILES string of the molecule is CCOc1cc(/C=C(/C#N)c2ccc(C)cc2)cc(I)c1OCc1ccc(F)cc1. The first-order chi connectivity index (χ1) is 14.5. The third-order valence-electron chi connectivity index (χ3n) is 4.42. The molecule has 3 nitrogen and oxygen atoms in total. The second-order valence-electron chi connectivity index (χ2n) is 6.71. The Balaban J connectivity index is 1.90. The van der Waals surface area contributed by atoms with Crippen LogP contribution >= 0.6 is 22.6 Å². The van der Waals surface area contributed by atoms with Crippen LogP contribution in [0.2, 0.25) is 0 Å². The minimum absolute atomic E-state index is 0.277. The lowest BCUT2D eigenvalue weighted by atomic mass is 10.0. The predicted octanol–water partition coefficient (Wildman–Crippen LogP) is 6.78. The van der Waals surface area contributed by atoms with Crippen molar-refractivity contribution in [3.05, 3.63) is 92.3 Å². The Labute approximate surface area is 189 Å². The molecule has 0 fully saturated rings. The van der Waals surface area contributed by atoms with Crippen molar-refractivity contribution >= 4 is 34.2 Å². The summed E-state index contributed by atoms with van der Waals surface area (Å²) in [5.41, 5.74) is 4.31. The summed E-state index contributed by atoms with van der Waals surface area (Å²) in [5, 5.41) is 9.63. The average molecular weight is 513 g/mol. The van der Waals surface area contributed by atoms with E-state index in [4.69, 9.17) is 9.47 Å². The normalized spacial score (nSPS) is 11.1. The van der Waals surface area contributed by atoms with Gasteiger partial charge in [0.15, 0.2) is 11.5 Å². The van der Waals surface area contributed by atoms with E-state index < -0.39 is 0 Å². The molecule has 0 heterocycles. The maximum Gasteiger partial charge on any atom is 0.175 e. The molecule has 0 N–H and O–H groups in total. The topological polar surface area (TPSA) is 42.2 Å². The summed E-state index contributed by atoms with van der Waals surface area (Å²) in [5.74, 6) is 0.966. The zero-order chi connectivity index (χ0) is 21.5. The average Bonchev–Trinajstić information content (AvgIpc) is 2.73. The van der Waals surface area contributed by atoms with Crippen molar-refractivity contribution in [2.45, 2.75) is 20.5 Å². The zero-order valence-electron chi connectivity index (χ0n) is 16.8. The van der Waals surface area contributed by atoms with Crippen molar-refractivity contribution in [2.75, 3.05) is 6.61 Å². The van der Waals surface area contributed by atoms with E-state index in [2.05, 4.69) is 28.7 Å². The van der Waals surface area contributed by atoms with Crippen LogP contribution in [0.4, 0.5) is 4.39 Å². The highest BCUT2D eigenvalue weighted by Crippen LogP contribution is 2.36. The number of nitrogens with zero attached hydrogens (tertiary/aromatic N) is 1. The van der Waals surface area contributed by atoms with E-state index in [1.54, 1.807) is 12.1 Å². The molecule has 0 aliphatic rings. The monoisotopic (exact) mass is 513 g/mol. The van der Waals surface area contributed by atoms with Gasteiger partial charge in [0, 0.05) is 0 Å². The molecule has 0 amide bonds. The van der Waals surface area contributed by atoms with Gasteiger partial charge in [-0.15, -0.1) is 0 Å². The summed E-state index contributed by atoms with van der Waals surface area (Å²) < 4.78 is 25.8. The molecule has 0 saturated carbocycles. The molecule has 3 aromatic rings. The highest BCUT2D eigenvalue weighted by molar-refractivity contribution is 14.1. The van der Waals surface area contributed by atoms with Crippen LogP contribution in [0.25, 0.3) is 11.6 Å². The fourth-order valence-corrected chi connectivity index (χ4v) is 3.67. The molecule has 30 heavy (non-hydrogen) atoms. The number of hydrogen-bond donors (Lipinski definition) is 0. The second-order valence-corrected chi connectivity index (χ2v) is 7.88. The van der Waals surface area contributed by atoms with Crippen molar-refractivity contribution in [1.29, 1.82) is 5.26 Å². The molecule has 3 aromatic carbocycles. The predicted molar refractivity (Wildman–Crippen MR) is 126 cm³/mol. The second kappa shape index (κ2) is 10.3. The van der Waals surface area contributed by atoms with Gasteiger partial charge in [0.2, 0.25) is 0 Å². The Morgan fingerprint density at radius 2 is 1.77 bits per heavy atom. The molecule has 0 atom stereocenters. The third-order valence-corrected chi connectivity index (χ3v) is 5.22. The Hall–Kier alpha value is -2.85. The Bertz CT molecular complexity index is 1080. The maximum atomic E-state index is 13.1. The fourth-order valence-electron chi connectivity index (χ4n) is 2.89. The molecule has 0 radical (unpaired) electrons. The van der Waals surface area contributed by atoms with Crippen LogP contribution in [0.3, 0.4) is 0 Å². The summed E-state index contributed by atoms with van der Waals surface area (Å²) in [6.07, 6.45) is 1.85. The van der Waals surface area contributed by atoms with Crippen LogP contribution in [-0.4, -0.2) is 6.61 Å². The summed E-state index contributed by atoms with van der Waals surface area (Å²) in [6.45, 7) is 4.71. The molecule has 0 aliphatic carbocycles. The molecule has 0 aromatic heterocycles. The number of nitriles is 1. The van der Waals surface area contributed by atoms with E-state index in [0.717, 1.165) is 25.8 Å². The lowest BCUT2D eigenvalue weighted by Gasteiger charge is -2.15. The molecule has 0 aliphatic heterocycles. The molecular formula is C25H21FINO2. The van der Waals surface area contributed by atoms with Crippen LogP contribution in [0.5, 0.6) is 11.5 Å². The number of halogens is 2.